The summed E-state index contributed by atoms with van der Waals surface area (Å²) < 4.78 is 37.3. The number of nitrogens with one attached hydrogen (secondary N) is 1. The summed E-state index contributed by atoms with van der Waals surface area (Å²) in [5, 5.41) is 5.71. The van der Waals surface area contributed by atoms with Crippen molar-refractivity contribution in [2.75, 3.05) is 6.54 Å². The highest BCUT2D eigenvalue weighted by Gasteiger charge is 2.28. The molecule has 4 nitrogen and oxygen atoms in total. The van der Waals surface area contributed by atoms with Gasteiger partial charge in [0.15, 0.2) is 0 Å². The molecule has 1 aromatic carbocycles. The van der Waals surface area contributed by atoms with E-state index in [4.69, 9.17) is 0 Å². The van der Waals surface area contributed by atoms with Crippen LogP contribution in [-0.4, -0.2) is 28.4 Å². The topological polar surface area (TPSA) is 46.9 Å². The van der Waals surface area contributed by atoms with Gasteiger partial charge in [0.05, 0.1) is 17.4 Å². The highest BCUT2D eigenvalue weighted by atomic mass is 19.4. The number of alkyl halides is 3. The Kier molecular flexibility index (Phi) is 3.55. The third-order valence-corrected chi connectivity index (χ3v) is 2.31. The van der Waals surface area contributed by atoms with Crippen LogP contribution in [0.15, 0.2) is 42.7 Å². The van der Waals surface area contributed by atoms with Crippen LogP contribution in [0.3, 0.4) is 0 Å². The van der Waals surface area contributed by atoms with Gasteiger partial charge in [-0.15, -0.1) is 0 Å². The van der Waals surface area contributed by atoms with Gasteiger partial charge in [-0.2, -0.15) is 18.3 Å². The van der Waals surface area contributed by atoms with Gasteiger partial charge in [0.1, 0.15) is 6.54 Å². The summed E-state index contributed by atoms with van der Waals surface area (Å²) >= 11 is 0. The van der Waals surface area contributed by atoms with E-state index in [-0.39, 0.29) is 5.56 Å². The van der Waals surface area contributed by atoms with Crippen molar-refractivity contribution in [2.24, 2.45) is 0 Å². The van der Waals surface area contributed by atoms with E-state index in [0.29, 0.717) is 0 Å². The molecule has 7 heteroatoms. The van der Waals surface area contributed by atoms with Crippen LogP contribution < -0.4 is 5.32 Å². The molecule has 0 fully saturated rings. The molecule has 100 valence electrons. The quantitative estimate of drug-likeness (QED) is 0.928. The van der Waals surface area contributed by atoms with Gasteiger partial charge < -0.3 is 5.32 Å². The van der Waals surface area contributed by atoms with Crippen molar-refractivity contribution in [3.05, 3.63) is 48.3 Å². The Morgan fingerprint density at radius 1 is 1.26 bits per heavy atom. The van der Waals surface area contributed by atoms with E-state index in [9.17, 15) is 18.0 Å². The Bertz CT molecular complexity index is 563. The van der Waals surface area contributed by atoms with E-state index in [1.165, 1.54) is 17.1 Å². The molecule has 1 heterocycles. The number of halogens is 3. The highest BCUT2D eigenvalue weighted by molar-refractivity contribution is 5.93. The number of benzene rings is 1. The number of amides is 1. The van der Waals surface area contributed by atoms with Crippen LogP contribution in [0.1, 0.15) is 10.4 Å². The number of carbonyl (C=O) groups is 1. The first-order valence-electron chi connectivity index (χ1n) is 5.41. The smallest absolute Gasteiger partial charge is 0.343 e. The van der Waals surface area contributed by atoms with E-state index in [2.05, 4.69) is 5.10 Å². The first kappa shape index (κ1) is 13.1. The van der Waals surface area contributed by atoms with Gasteiger partial charge in [0.2, 0.25) is 0 Å². The Morgan fingerprint density at radius 3 is 2.58 bits per heavy atom. The zero-order chi connectivity index (χ0) is 13.9. The summed E-state index contributed by atoms with van der Waals surface area (Å²) in [5.74, 6) is -0.806. The Hall–Kier alpha value is -2.31. The van der Waals surface area contributed by atoms with Gasteiger partial charge in [-0.1, -0.05) is 18.2 Å². The van der Waals surface area contributed by atoms with E-state index in [0.717, 1.165) is 5.69 Å². The van der Waals surface area contributed by atoms with Crippen molar-refractivity contribution in [2.45, 2.75) is 6.18 Å². The Labute approximate surface area is 106 Å². The number of aromatic nitrogens is 2. The third kappa shape index (κ3) is 3.57. The van der Waals surface area contributed by atoms with E-state index >= 15 is 0 Å². The molecule has 0 spiro atoms. The summed E-state index contributed by atoms with van der Waals surface area (Å²) in [6.45, 7) is -1.36. The lowest BCUT2D eigenvalue weighted by atomic mass is 10.3. The van der Waals surface area contributed by atoms with E-state index < -0.39 is 18.6 Å². The molecule has 0 aliphatic rings. The van der Waals surface area contributed by atoms with Crippen LogP contribution in [0.5, 0.6) is 0 Å². The minimum atomic E-state index is -4.43. The number of hydrogen-bond acceptors (Lipinski definition) is 2. The van der Waals surface area contributed by atoms with Gasteiger partial charge >= 0.3 is 6.18 Å². The number of carbonyl (C=O) groups excluding carboxylic acids is 1. The average Bonchev–Trinajstić information content (AvgIpc) is 2.86. The van der Waals surface area contributed by atoms with Gasteiger partial charge in [0.25, 0.3) is 5.91 Å². The molecule has 1 aromatic heterocycles. The molecule has 2 aromatic rings. The molecule has 0 bridgehead atoms. The molecule has 0 saturated heterocycles. The fourth-order valence-electron chi connectivity index (χ4n) is 1.44. The third-order valence-electron chi connectivity index (χ3n) is 2.31. The molecule has 0 aliphatic carbocycles. The number of hydrogen-bond donors (Lipinski definition) is 1. The average molecular weight is 269 g/mol. The van der Waals surface area contributed by atoms with Crippen LogP contribution in [0, 0.1) is 0 Å². The second-order valence-electron chi connectivity index (χ2n) is 3.81. The lowest BCUT2D eigenvalue weighted by Gasteiger charge is -2.06. The summed E-state index contributed by atoms with van der Waals surface area (Å²) in [6.07, 6.45) is -1.83. The number of para-hydroxylation sites is 1. The number of rotatable bonds is 3. The maximum Gasteiger partial charge on any atom is 0.405 e. The zero-order valence-electron chi connectivity index (χ0n) is 9.69. The van der Waals surface area contributed by atoms with Gasteiger partial charge in [-0.25, -0.2) is 4.68 Å². The molecular formula is C12H10F3N3O. The lowest BCUT2D eigenvalue weighted by molar-refractivity contribution is -0.123. The summed E-state index contributed by atoms with van der Waals surface area (Å²) in [6, 6.07) is 8.94. The van der Waals surface area contributed by atoms with Crippen molar-refractivity contribution in [1.29, 1.82) is 0 Å². The second-order valence-corrected chi connectivity index (χ2v) is 3.81. The molecule has 1 amide bonds. The lowest BCUT2D eigenvalue weighted by Crippen LogP contribution is -2.33. The van der Waals surface area contributed by atoms with Gasteiger partial charge in [-0.05, 0) is 12.1 Å². The van der Waals surface area contributed by atoms with Crippen molar-refractivity contribution >= 4 is 5.91 Å². The minimum Gasteiger partial charge on any atom is -0.343 e. The Morgan fingerprint density at radius 2 is 1.95 bits per heavy atom. The van der Waals surface area contributed by atoms with Crippen LogP contribution >= 0.6 is 0 Å². The maximum atomic E-state index is 12.0. The summed E-state index contributed by atoms with van der Waals surface area (Å²) in [4.78, 5) is 11.5. The van der Waals surface area contributed by atoms with Crippen molar-refractivity contribution < 1.29 is 18.0 Å². The fraction of sp³-hybridized carbons (Fsp3) is 0.167. The molecular weight excluding hydrogens is 259 g/mol. The van der Waals surface area contributed by atoms with Crippen LogP contribution in [0.4, 0.5) is 13.2 Å². The molecule has 0 atom stereocenters. The summed E-state index contributed by atoms with van der Waals surface area (Å²) in [5.41, 5.74) is 0.797. The normalized spacial score (nSPS) is 11.3. The summed E-state index contributed by atoms with van der Waals surface area (Å²) in [7, 11) is 0. The predicted molar refractivity (Wildman–Crippen MR) is 62.0 cm³/mol. The zero-order valence-corrected chi connectivity index (χ0v) is 9.69. The van der Waals surface area contributed by atoms with Crippen molar-refractivity contribution in [3.63, 3.8) is 0 Å². The molecule has 0 saturated carbocycles. The van der Waals surface area contributed by atoms with Crippen LogP contribution in [0.2, 0.25) is 0 Å². The SMILES string of the molecule is O=C(NCC(F)(F)F)c1cnn(-c2ccccc2)c1. The first-order chi connectivity index (χ1) is 8.96. The maximum absolute atomic E-state index is 12.0. The molecule has 19 heavy (non-hydrogen) atoms. The molecule has 2 rings (SSSR count). The van der Waals surface area contributed by atoms with E-state index in [1.54, 1.807) is 29.6 Å². The second kappa shape index (κ2) is 5.13. The number of nitrogens with zero attached hydrogens (tertiary/aromatic N) is 2. The highest BCUT2D eigenvalue weighted by Crippen LogP contribution is 2.13. The van der Waals surface area contributed by atoms with Crippen LogP contribution in [-0.2, 0) is 0 Å². The van der Waals surface area contributed by atoms with Crippen molar-refractivity contribution in [3.8, 4) is 5.69 Å². The molecule has 0 radical (unpaired) electrons. The fourth-order valence-corrected chi connectivity index (χ4v) is 1.44. The molecule has 1 N–H and O–H groups in total. The van der Waals surface area contributed by atoms with E-state index in [1.807, 2.05) is 6.07 Å². The minimum absolute atomic E-state index is 0.0769. The van der Waals surface area contributed by atoms with Crippen LogP contribution in [0.25, 0.3) is 5.69 Å². The van der Waals surface area contributed by atoms with Crippen molar-refractivity contribution in [1.82, 2.24) is 15.1 Å². The molecule has 0 unspecified atom stereocenters. The standard InChI is InChI=1S/C12H10F3N3O/c13-12(14,15)8-16-11(19)9-6-17-18(7-9)10-4-2-1-3-5-10/h1-7H,8H2,(H,16,19). The molecule has 0 aliphatic heterocycles. The predicted octanol–water partition coefficient (Wildman–Crippen LogP) is 2.16. The monoisotopic (exact) mass is 269 g/mol. The Balaban J connectivity index is 2.07. The first-order valence-corrected chi connectivity index (χ1v) is 5.41. The largest absolute Gasteiger partial charge is 0.405 e. The van der Waals surface area contributed by atoms with Gasteiger partial charge in [-0.3, -0.25) is 4.79 Å². The van der Waals surface area contributed by atoms with Gasteiger partial charge in [0, 0.05) is 6.20 Å².